The molecule has 3 N–H and O–H groups in total. The first-order valence-corrected chi connectivity index (χ1v) is 6.51. The number of carbonyl (C=O) groups is 1. The average molecular weight is 226 g/mol. The smallest absolute Gasteiger partial charge is 0.315 e. The maximum absolute atomic E-state index is 11.7. The molecule has 2 fully saturated rings. The third kappa shape index (κ3) is 3.11. The van der Waals surface area contributed by atoms with Crippen molar-refractivity contribution in [2.75, 3.05) is 0 Å². The van der Waals surface area contributed by atoms with Crippen LogP contribution in [0.25, 0.3) is 0 Å². The fourth-order valence-corrected chi connectivity index (χ4v) is 2.75. The highest BCUT2D eigenvalue weighted by Crippen LogP contribution is 2.19. The molecule has 0 radical (unpaired) electrons. The molecule has 2 amide bonds. The number of amides is 2. The lowest BCUT2D eigenvalue weighted by molar-refractivity contribution is 0.0940. The van der Waals surface area contributed by atoms with Crippen LogP contribution in [-0.2, 0) is 0 Å². The molecule has 0 aliphatic heterocycles. The molecular formula is C12H22N2O2. The first-order chi connectivity index (χ1) is 7.75. The second kappa shape index (κ2) is 5.53. The van der Waals surface area contributed by atoms with E-state index in [0.717, 1.165) is 38.5 Å². The summed E-state index contributed by atoms with van der Waals surface area (Å²) in [6, 6.07) is 0.203. The van der Waals surface area contributed by atoms with Gasteiger partial charge in [-0.3, -0.25) is 0 Å². The van der Waals surface area contributed by atoms with E-state index in [0.29, 0.717) is 6.04 Å². The number of hydrogen-bond acceptors (Lipinski definition) is 2. The molecule has 2 aliphatic carbocycles. The van der Waals surface area contributed by atoms with Crippen LogP contribution in [0.1, 0.15) is 51.4 Å². The van der Waals surface area contributed by atoms with Gasteiger partial charge in [-0.05, 0) is 25.7 Å². The Balaban J connectivity index is 1.72. The van der Waals surface area contributed by atoms with E-state index >= 15 is 0 Å². The van der Waals surface area contributed by atoms with Gasteiger partial charge in [-0.1, -0.05) is 25.7 Å². The number of carbonyl (C=O) groups excluding carboxylic acids is 1. The lowest BCUT2D eigenvalue weighted by atomic mass is 9.93. The fourth-order valence-electron chi connectivity index (χ4n) is 2.75. The molecule has 2 atom stereocenters. The molecule has 0 heterocycles. The highest BCUT2D eigenvalue weighted by atomic mass is 16.3. The SMILES string of the molecule is O=C(NC1CCCC1)N[C@H]1CCCC[C@@H]1O. The molecule has 2 aliphatic rings. The molecule has 0 aromatic rings. The first-order valence-electron chi connectivity index (χ1n) is 6.51. The second-order valence-electron chi connectivity index (χ2n) is 5.06. The zero-order valence-electron chi connectivity index (χ0n) is 9.74. The molecule has 0 bridgehead atoms. The molecule has 2 rings (SSSR count). The molecule has 16 heavy (non-hydrogen) atoms. The van der Waals surface area contributed by atoms with Crippen molar-refractivity contribution in [2.24, 2.45) is 0 Å². The van der Waals surface area contributed by atoms with Crippen LogP contribution in [0.15, 0.2) is 0 Å². The Morgan fingerprint density at radius 2 is 1.56 bits per heavy atom. The minimum Gasteiger partial charge on any atom is -0.391 e. The Morgan fingerprint density at radius 3 is 2.25 bits per heavy atom. The Hall–Kier alpha value is -0.770. The summed E-state index contributed by atoms with van der Waals surface area (Å²) in [6.07, 6.45) is 8.17. The number of urea groups is 1. The van der Waals surface area contributed by atoms with Gasteiger partial charge in [0, 0.05) is 6.04 Å². The van der Waals surface area contributed by atoms with Crippen molar-refractivity contribution in [2.45, 2.75) is 69.6 Å². The fraction of sp³-hybridized carbons (Fsp3) is 0.917. The molecule has 2 saturated carbocycles. The minimum atomic E-state index is -0.358. The number of aliphatic hydroxyl groups is 1. The van der Waals surface area contributed by atoms with E-state index in [1.165, 1.54) is 12.8 Å². The topological polar surface area (TPSA) is 61.4 Å². The Kier molecular flexibility index (Phi) is 4.04. The Bertz CT molecular complexity index is 239. The average Bonchev–Trinajstić information content (AvgIpc) is 2.74. The van der Waals surface area contributed by atoms with Crippen LogP contribution < -0.4 is 10.6 Å². The van der Waals surface area contributed by atoms with Crippen LogP contribution in [0.2, 0.25) is 0 Å². The summed E-state index contributed by atoms with van der Waals surface area (Å²) in [4.78, 5) is 11.7. The molecule has 4 nitrogen and oxygen atoms in total. The number of rotatable bonds is 2. The van der Waals surface area contributed by atoms with Crippen LogP contribution in [0.4, 0.5) is 4.79 Å². The summed E-state index contributed by atoms with van der Waals surface area (Å²) in [5.41, 5.74) is 0. The molecule has 0 aromatic carbocycles. The summed E-state index contributed by atoms with van der Waals surface area (Å²) in [5.74, 6) is 0. The molecular weight excluding hydrogens is 204 g/mol. The Morgan fingerprint density at radius 1 is 0.938 bits per heavy atom. The van der Waals surface area contributed by atoms with E-state index in [2.05, 4.69) is 10.6 Å². The third-order valence-corrected chi connectivity index (χ3v) is 3.74. The van der Waals surface area contributed by atoms with Crippen molar-refractivity contribution in [3.8, 4) is 0 Å². The predicted molar refractivity (Wildman–Crippen MR) is 62.2 cm³/mol. The van der Waals surface area contributed by atoms with Gasteiger partial charge in [0.25, 0.3) is 0 Å². The quantitative estimate of drug-likeness (QED) is 0.668. The Labute approximate surface area is 96.8 Å². The lowest BCUT2D eigenvalue weighted by Crippen LogP contribution is -2.50. The standard InChI is InChI=1S/C12H22N2O2/c15-11-8-4-3-7-10(11)14-12(16)13-9-5-1-2-6-9/h9-11,15H,1-8H2,(H2,13,14,16)/t10-,11-/m0/s1. The van der Waals surface area contributed by atoms with E-state index in [-0.39, 0.29) is 18.2 Å². The summed E-state index contributed by atoms with van der Waals surface area (Å²) in [5, 5.41) is 15.6. The largest absolute Gasteiger partial charge is 0.391 e. The van der Waals surface area contributed by atoms with Gasteiger partial charge < -0.3 is 15.7 Å². The molecule has 0 unspecified atom stereocenters. The normalized spacial score (nSPS) is 31.3. The monoisotopic (exact) mass is 226 g/mol. The maximum Gasteiger partial charge on any atom is 0.315 e. The molecule has 4 heteroatoms. The van der Waals surface area contributed by atoms with Gasteiger partial charge in [-0.2, -0.15) is 0 Å². The van der Waals surface area contributed by atoms with Gasteiger partial charge >= 0.3 is 6.03 Å². The predicted octanol–water partition coefficient (Wildman–Crippen LogP) is 1.53. The van der Waals surface area contributed by atoms with E-state index in [1.54, 1.807) is 0 Å². The summed E-state index contributed by atoms with van der Waals surface area (Å²) in [6.45, 7) is 0. The molecule has 0 spiro atoms. The van der Waals surface area contributed by atoms with Crippen LogP contribution in [0.5, 0.6) is 0 Å². The molecule has 0 aromatic heterocycles. The van der Waals surface area contributed by atoms with E-state index in [4.69, 9.17) is 0 Å². The number of nitrogens with one attached hydrogen (secondary N) is 2. The van der Waals surface area contributed by atoms with Crippen LogP contribution in [-0.4, -0.2) is 29.3 Å². The van der Waals surface area contributed by atoms with Gasteiger partial charge in [0.05, 0.1) is 12.1 Å². The zero-order valence-corrected chi connectivity index (χ0v) is 9.74. The minimum absolute atomic E-state index is 0.0462. The van der Waals surface area contributed by atoms with Crippen molar-refractivity contribution in [3.63, 3.8) is 0 Å². The van der Waals surface area contributed by atoms with Crippen LogP contribution in [0.3, 0.4) is 0 Å². The zero-order chi connectivity index (χ0) is 11.4. The van der Waals surface area contributed by atoms with Gasteiger partial charge in [0.1, 0.15) is 0 Å². The van der Waals surface area contributed by atoms with E-state index in [9.17, 15) is 9.90 Å². The second-order valence-corrected chi connectivity index (χ2v) is 5.06. The number of hydrogen-bond donors (Lipinski definition) is 3. The first kappa shape index (κ1) is 11.7. The summed E-state index contributed by atoms with van der Waals surface area (Å²) in [7, 11) is 0. The van der Waals surface area contributed by atoms with Gasteiger partial charge in [0.15, 0.2) is 0 Å². The van der Waals surface area contributed by atoms with Crippen molar-refractivity contribution in [1.29, 1.82) is 0 Å². The highest BCUT2D eigenvalue weighted by molar-refractivity contribution is 5.74. The van der Waals surface area contributed by atoms with Gasteiger partial charge in [-0.15, -0.1) is 0 Å². The van der Waals surface area contributed by atoms with Crippen molar-refractivity contribution in [1.82, 2.24) is 10.6 Å². The van der Waals surface area contributed by atoms with Crippen molar-refractivity contribution >= 4 is 6.03 Å². The lowest BCUT2D eigenvalue weighted by Gasteiger charge is -2.28. The van der Waals surface area contributed by atoms with E-state index in [1.807, 2.05) is 0 Å². The van der Waals surface area contributed by atoms with Crippen molar-refractivity contribution < 1.29 is 9.90 Å². The van der Waals surface area contributed by atoms with Gasteiger partial charge in [0.2, 0.25) is 0 Å². The molecule has 92 valence electrons. The molecule has 0 saturated heterocycles. The van der Waals surface area contributed by atoms with Crippen LogP contribution in [0, 0.1) is 0 Å². The van der Waals surface area contributed by atoms with Crippen molar-refractivity contribution in [3.05, 3.63) is 0 Å². The maximum atomic E-state index is 11.7. The number of aliphatic hydroxyl groups excluding tert-OH is 1. The highest BCUT2D eigenvalue weighted by Gasteiger charge is 2.25. The van der Waals surface area contributed by atoms with Gasteiger partial charge in [-0.25, -0.2) is 4.79 Å². The van der Waals surface area contributed by atoms with E-state index < -0.39 is 0 Å². The summed E-state index contributed by atoms with van der Waals surface area (Å²) < 4.78 is 0. The van der Waals surface area contributed by atoms with Crippen LogP contribution >= 0.6 is 0 Å². The third-order valence-electron chi connectivity index (χ3n) is 3.74. The summed E-state index contributed by atoms with van der Waals surface area (Å²) >= 11 is 0.